The van der Waals surface area contributed by atoms with Gasteiger partial charge in [-0.1, -0.05) is 12.1 Å². The van der Waals surface area contributed by atoms with Crippen molar-refractivity contribution in [3.05, 3.63) is 59.2 Å². The quantitative estimate of drug-likeness (QED) is 0.462. The lowest BCUT2D eigenvalue weighted by atomic mass is 10.1. The van der Waals surface area contributed by atoms with Crippen molar-refractivity contribution < 1.29 is 23.4 Å². The minimum Gasteiger partial charge on any atom is -0.493 e. The van der Waals surface area contributed by atoms with Crippen LogP contribution < -0.4 is 20.1 Å². The van der Waals surface area contributed by atoms with Gasteiger partial charge in [-0.2, -0.15) is 0 Å². The van der Waals surface area contributed by atoms with Crippen molar-refractivity contribution in [3.63, 3.8) is 0 Å². The summed E-state index contributed by atoms with van der Waals surface area (Å²) in [6, 6.07) is 8.13. The number of nitrogens with zero attached hydrogens (tertiary/aromatic N) is 1. The maximum atomic E-state index is 14.0. The lowest BCUT2D eigenvalue weighted by Gasteiger charge is -2.19. The highest BCUT2D eigenvalue weighted by Crippen LogP contribution is 2.30. The molecule has 0 heterocycles. The van der Waals surface area contributed by atoms with Crippen LogP contribution >= 0.6 is 0 Å². The standard InChI is InChI=1S/C21H27F2N3O3/c1-5-24-21(26-13(2)16-8-7-15(22)11-17(16)23)25-12-18(27)14-6-9-19(28-3)20(10-14)29-4/h6-11,13,18,27H,5,12H2,1-4H3,(H2,24,25,26). The number of benzene rings is 2. The number of ether oxygens (including phenoxy) is 2. The number of aliphatic imine (C=N–C) groups is 1. The van der Waals surface area contributed by atoms with Gasteiger partial charge in [0.2, 0.25) is 0 Å². The van der Waals surface area contributed by atoms with Crippen molar-refractivity contribution in [2.75, 3.05) is 27.3 Å². The fourth-order valence-electron chi connectivity index (χ4n) is 2.80. The molecule has 0 fully saturated rings. The second kappa shape index (κ2) is 10.6. The molecule has 158 valence electrons. The number of rotatable bonds is 8. The van der Waals surface area contributed by atoms with Gasteiger partial charge in [0.05, 0.1) is 32.9 Å². The van der Waals surface area contributed by atoms with Crippen LogP contribution in [-0.4, -0.2) is 38.4 Å². The molecule has 2 aromatic carbocycles. The molecule has 2 rings (SSSR count). The topological polar surface area (TPSA) is 75.1 Å². The van der Waals surface area contributed by atoms with Crippen molar-refractivity contribution >= 4 is 5.96 Å². The molecular weight excluding hydrogens is 380 g/mol. The first kappa shape index (κ1) is 22.4. The fourth-order valence-corrected chi connectivity index (χ4v) is 2.80. The zero-order valence-electron chi connectivity index (χ0n) is 17.0. The van der Waals surface area contributed by atoms with E-state index >= 15 is 0 Å². The lowest BCUT2D eigenvalue weighted by molar-refractivity contribution is 0.186. The van der Waals surface area contributed by atoms with Crippen LogP contribution in [0.5, 0.6) is 11.5 Å². The Hall–Kier alpha value is -2.87. The Morgan fingerprint density at radius 3 is 2.45 bits per heavy atom. The summed E-state index contributed by atoms with van der Waals surface area (Å²) in [4.78, 5) is 4.38. The first-order chi connectivity index (χ1) is 13.9. The monoisotopic (exact) mass is 407 g/mol. The smallest absolute Gasteiger partial charge is 0.191 e. The van der Waals surface area contributed by atoms with Crippen LogP contribution in [0.2, 0.25) is 0 Å². The molecule has 0 radical (unpaired) electrons. The molecule has 6 nitrogen and oxygen atoms in total. The van der Waals surface area contributed by atoms with Gasteiger partial charge >= 0.3 is 0 Å². The summed E-state index contributed by atoms with van der Waals surface area (Å²) in [6.45, 7) is 4.29. The average Bonchev–Trinajstić information content (AvgIpc) is 2.71. The van der Waals surface area contributed by atoms with E-state index < -0.39 is 23.8 Å². The molecule has 29 heavy (non-hydrogen) atoms. The highest BCUT2D eigenvalue weighted by atomic mass is 19.1. The fraction of sp³-hybridized carbons (Fsp3) is 0.381. The second-order valence-electron chi connectivity index (χ2n) is 6.38. The molecule has 0 bridgehead atoms. The van der Waals surface area contributed by atoms with E-state index in [1.165, 1.54) is 26.4 Å². The van der Waals surface area contributed by atoms with Crippen molar-refractivity contribution in [1.82, 2.24) is 10.6 Å². The van der Waals surface area contributed by atoms with Gasteiger partial charge in [-0.15, -0.1) is 0 Å². The van der Waals surface area contributed by atoms with Crippen LogP contribution in [-0.2, 0) is 0 Å². The minimum absolute atomic E-state index is 0.0729. The van der Waals surface area contributed by atoms with Crippen LogP contribution in [0.15, 0.2) is 41.4 Å². The molecule has 0 aliphatic rings. The lowest BCUT2D eigenvalue weighted by Crippen LogP contribution is -2.39. The van der Waals surface area contributed by atoms with E-state index in [-0.39, 0.29) is 6.54 Å². The maximum Gasteiger partial charge on any atom is 0.191 e. The molecule has 0 aliphatic heterocycles. The zero-order valence-corrected chi connectivity index (χ0v) is 17.0. The molecule has 0 saturated heterocycles. The SMILES string of the molecule is CCNC(=NCC(O)c1ccc(OC)c(OC)c1)NC(C)c1ccc(F)cc1F. The van der Waals surface area contributed by atoms with E-state index in [9.17, 15) is 13.9 Å². The molecule has 0 saturated carbocycles. The predicted octanol–water partition coefficient (Wildman–Crippen LogP) is 3.33. The van der Waals surface area contributed by atoms with Gasteiger partial charge in [-0.25, -0.2) is 8.78 Å². The Labute approximate surface area is 169 Å². The van der Waals surface area contributed by atoms with Gasteiger partial charge in [-0.3, -0.25) is 4.99 Å². The highest BCUT2D eigenvalue weighted by molar-refractivity contribution is 5.80. The normalized spacial score (nSPS) is 13.6. The van der Waals surface area contributed by atoms with Crippen molar-refractivity contribution in [2.24, 2.45) is 4.99 Å². The van der Waals surface area contributed by atoms with Crippen LogP contribution in [0.4, 0.5) is 8.78 Å². The van der Waals surface area contributed by atoms with Gasteiger partial charge in [0.25, 0.3) is 0 Å². The van der Waals surface area contributed by atoms with Crippen molar-refractivity contribution in [1.29, 1.82) is 0 Å². The van der Waals surface area contributed by atoms with Gasteiger partial charge in [0.15, 0.2) is 17.5 Å². The average molecular weight is 407 g/mol. The number of hydrogen-bond donors (Lipinski definition) is 3. The van der Waals surface area contributed by atoms with E-state index in [1.54, 1.807) is 25.1 Å². The molecule has 2 aromatic rings. The third-order valence-corrected chi connectivity index (χ3v) is 4.34. The van der Waals surface area contributed by atoms with E-state index in [0.717, 1.165) is 6.07 Å². The van der Waals surface area contributed by atoms with Crippen molar-refractivity contribution in [2.45, 2.75) is 26.0 Å². The number of halogens is 2. The van der Waals surface area contributed by atoms with Crippen LogP contribution in [0, 0.1) is 11.6 Å². The summed E-state index contributed by atoms with van der Waals surface area (Å²) in [5, 5.41) is 16.6. The third kappa shape index (κ3) is 6.05. The Morgan fingerprint density at radius 2 is 1.83 bits per heavy atom. The number of guanidine groups is 1. The molecule has 2 unspecified atom stereocenters. The molecular formula is C21H27F2N3O3. The second-order valence-corrected chi connectivity index (χ2v) is 6.38. The number of methoxy groups -OCH3 is 2. The third-order valence-electron chi connectivity index (χ3n) is 4.34. The molecule has 8 heteroatoms. The van der Waals surface area contributed by atoms with E-state index in [1.807, 2.05) is 6.92 Å². The Morgan fingerprint density at radius 1 is 1.10 bits per heavy atom. The largest absolute Gasteiger partial charge is 0.493 e. The van der Waals surface area contributed by atoms with E-state index in [0.29, 0.717) is 35.1 Å². The molecule has 0 spiro atoms. The first-order valence-corrected chi connectivity index (χ1v) is 9.29. The Balaban J connectivity index is 2.11. The van der Waals surface area contributed by atoms with Crippen molar-refractivity contribution in [3.8, 4) is 11.5 Å². The molecule has 0 aromatic heterocycles. The highest BCUT2D eigenvalue weighted by Gasteiger charge is 2.15. The minimum atomic E-state index is -0.872. The molecule has 3 N–H and O–H groups in total. The van der Waals surface area contributed by atoms with E-state index in [2.05, 4.69) is 15.6 Å². The first-order valence-electron chi connectivity index (χ1n) is 9.29. The van der Waals surface area contributed by atoms with Crippen LogP contribution in [0.25, 0.3) is 0 Å². The van der Waals surface area contributed by atoms with Gasteiger partial charge < -0.3 is 25.2 Å². The van der Waals surface area contributed by atoms with Gasteiger partial charge in [0, 0.05) is 18.2 Å². The van der Waals surface area contributed by atoms with E-state index in [4.69, 9.17) is 9.47 Å². The molecule has 2 atom stereocenters. The van der Waals surface area contributed by atoms with Crippen LogP contribution in [0.3, 0.4) is 0 Å². The van der Waals surface area contributed by atoms with Gasteiger partial charge in [-0.05, 0) is 37.6 Å². The zero-order chi connectivity index (χ0) is 21.4. The predicted molar refractivity (Wildman–Crippen MR) is 108 cm³/mol. The van der Waals surface area contributed by atoms with Gasteiger partial charge in [0.1, 0.15) is 11.6 Å². The summed E-state index contributed by atoms with van der Waals surface area (Å²) in [5.41, 5.74) is 0.942. The number of nitrogens with one attached hydrogen (secondary N) is 2. The maximum absolute atomic E-state index is 14.0. The molecule has 0 amide bonds. The summed E-state index contributed by atoms with van der Waals surface area (Å²) in [7, 11) is 3.06. The number of aliphatic hydroxyl groups excluding tert-OH is 1. The summed E-state index contributed by atoms with van der Waals surface area (Å²) in [6.07, 6.45) is -0.872. The Kier molecular flexibility index (Phi) is 8.21. The van der Waals surface area contributed by atoms with Crippen LogP contribution in [0.1, 0.15) is 37.1 Å². The number of aliphatic hydroxyl groups is 1. The number of hydrogen-bond acceptors (Lipinski definition) is 4. The summed E-state index contributed by atoms with van der Waals surface area (Å²) in [5.74, 6) is 0.224. The summed E-state index contributed by atoms with van der Waals surface area (Å²) >= 11 is 0. The molecule has 0 aliphatic carbocycles. The Bertz CT molecular complexity index is 846. The summed E-state index contributed by atoms with van der Waals surface area (Å²) < 4.78 is 37.6.